The van der Waals surface area contributed by atoms with Crippen LogP contribution < -0.4 is 56.2 Å². The van der Waals surface area contributed by atoms with Crippen LogP contribution in [0.3, 0.4) is 0 Å². The van der Waals surface area contributed by atoms with Gasteiger partial charge in [0.2, 0.25) is 21.7 Å². The SMILES string of the molecule is CC(=O)/C(=N\Nc1cc(S(N)(=O)=O)ccc1O)C(=O)Nc1ccccc1.CC(=O)Nc1cccc2c1/C(=N/Nc1cc([N+](=O)[O-])ccc1O)C(=O)C=C2.[Cr].[Na+]. The number of nitrogens with one attached hydrogen (secondary N) is 4. The number of primary sulfonamides is 1. The van der Waals surface area contributed by atoms with Gasteiger partial charge in [-0.2, -0.15) is 10.2 Å². The normalized spacial score (nSPS) is 12.4. The summed E-state index contributed by atoms with van der Waals surface area (Å²) in [5, 5.41) is 48.4. The largest absolute Gasteiger partial charge is 1.00 e. The van der Waals surface area contributed by atoms with Crippen LogP contribution in [0.1, 0.15) is 25.0 Å². The number of nitrogens with two attached hydrogens (primary N) is 1. The molecule has 5 rings (SSSR count). The van der Waals surface area contributed by atoms with Gasteiger partial charge in [-0.15, -0.1) is 0 Å². The van der Waals surface area contributed by atoms with Crippen molar-refractivity contribution >= 4 is 79.3 Å². The minimum atomic E-state index is -4.00. The Bertz CT molecular complexity index is 2340. The third kappa shape index (κ3) is 12.4. The number of carbonyl (C=O) groups excluding carboxylic acids is 4. The van der Waals surface area contributed by atoms with Gasteiger partial charge in [0.05, 0.1) is 21.2 Å². The molecule has 4 aromatic carbocycles. The number of Topliss-reactive ketones (excluding diaryl/α,β-unsaturated/α-hetero) is 1. The molecule has 0 atom stereocenters. The van der Waals surface area contributed by atoms with Crippen molar-refractivity contribution in [3.05, 3.63) is 112 Å². The molecule has 0 unspecified atom stereocenters. The van der Waals surface area contributed by atoms with Gasteiger partial charge in [0.15, 0.2) is 11.5 Å². The number of hydrogen-bond acceptors (Lipinski definition) is 14. The smallest absolute Gasteiger partial charge is 0.506 e. The van der Waals surface area contributed by atoms with Crippen molar-refractivity contribution < 1.29 is 89.7 Å². The van der Waals surface area contributed by atoms with E-state index < -0.39 is 38.1 Å². The number of nitro benzene ring substituents is 1. The zero-order chi connectivity index (χ0) is 38.9. The van der Waals surface area contributed by atoms with Crippen molar-refractivity contribution in [1.82, 2.24) is 0 Å². The van der Waals surface area contributed by atoms with Gasteiger partial charge in [-0.25, -0.2) is 13.6 Å². The summed E-state index contributed by atoms with van der Waals surface area (Å²) < 4.78 is 22.7. The molecule has 4 aromatic rings. The second-order valence-electron chi connectivity index (χ2n) is 10.9. The molecular formula is C34H30CrN8NaO10S+. The molecule has 1 aliphatic rings. The van der Waals surface area contributed by atoms with Crippen molar-refractivity contribution in [1.29, 1.82) is 0 Å². The maximum atomic E-state index is 12.3. The van der Waals surface area contributed by atoms with Gasteiger partial charge in [-0.05, 0) is 54.1 Å². The number of benzene rings is 4. The Morgan fingerprint density at radius 2 is 1.45 bits per heavy atom. The number of rotatable bonds is 10. The maximum Gasteiger partial charge on any atom is 1.00 e. The number of allylic oxidation sites excluding steroid dienone is 1. The summed E-state index contributed by atoms with van der Waals surface area (Å²) in [5.41, 5.74) is 5.89. The molecule has 21 heteroatoms. The molecule has 0 radical (unpaired) electrons. The van der Waals surface area contributed by atoms with Crippen LogP contribution in [-0.2, 0) is 46.6 Å². The fourth-order valence-electron chi connectivity index (χ4n) is 4.49. The summed E-state index contributed by atoms with van der Waals surface area (Å²) in [4.78, 5) is 57.7. The van der Waals surface area contributed by atoms with Gasteiger partial charge in [0.25, 0.3) is 11.6 Å². The number of amides is 2. The Hall–Kier alpha value is -5.72. The molecule has 2 amide bonds. The van der Waals surface area contributed by atoms with Gasteiger partial charge in [0.1, 0.15) is 22.9 Å². The van der Waals surface area contributed by atoms with E-state index >= 15 is 0 Å². The van der Waals surface area contributed by atoms with Crippen molar-refractivity contribution in [3.63, 3.8) is 0 Å². The molecule has 0 bridgehead atoms. The van der Waals surface area contributed by atoms with Crippen LogP contribution in [0.15, 0.2) is 106 Å². The van der Waals surface area contributed by atoms with Crippen LogP contribution in [0, 0.1) is 10.1 Å². The first-order chi connectivity index (χ1) is 25.0. The predicted molar refractivity (Wildman–Crippen MR) is 196 cm³/mol. The number of nitrogens with zero attached hydrogens (tertiary/aromatic N) is 3. The van der Waals surface area contributed by atoms with E-state index in [0.717, 1.165) is 43.3 Å². The molecule has 0 fully saturated rings. The van der Waals surface area contributed by atoms with Crippen LogP contribution in [0.5, 0.6) is 11.5 Å². The minimum Gasteiger partial charge on any atom is -0.506 e. The van der Waals surface area contributed by atoms with E-state index in [-0.39, 0.29) is 92.0 Å². The quantitative estimate of drug-likeness (QED) is 0.0291. The second kappa shape index (κ2) is 20.1. The fourth-order valence-corrected chi connectivity index (χ4v) is 5.03. The molecule has 18 nitrogen and oxygen atoms in total. The summed E-state index contributed by atoms with van der Waals surface area (Å²) in [6.45, 7) is 2.49. The molecule has 0 saturated carbocycles. The molecule has 55 heavy (non-hydrogen) atoms. The monoisotopic (exact) mass is 817 g/mol. The number of phenolic OH excluding ortho intramolecular Hbond substituents is 2. The second-order valence-corrected chi connectivity index (χ2v) is 12.4. The number of ketones is 2. The van der Waals surface area contributed by atoms with E-state index in [9.17, 15) is 47.9 Å². The number of anilines is 4. The number of nitro groups is 1. The van der Waals surface area contributed by atoms with E-state index in [1.807, 2.05) is 0 Å². The first-order valence-corrected chi connectivity index (χ1v) is 16.6. The fraction of sp³-hybridized carbons (Fsp3) is 0.0588. The molecule has 8 N–H and O–H groups in total. The first-order valence-electron chi connectivity index (χ1n) is 15.1. The Morgan fingerprint density at radius 1 is 0.818 bits per heavy atom. The molecule has 0 aliphatic heterocycles. The summed E-state index contributed by atoms with van der Waals surface area (Å²) in [5.74, 6) is -2.73. The van der Waals surface area contributed by atoms with Crippen molar-refractivity contribution in [2.45, 2.75) is 18.7 Å². The minimum absolute atomic E-state index is 0. The average molecular weight is 818 g/mol. The van der Waals surface area contributed by atoms with Crippen molar-refractivity contribution in [2.24, 2.45) is 15.3 Å². The Kier molecular flexibility index (Phi) is 16.6. The standard InChI is InChI=1S/C18H14N4O5.C16H16N4O5S.Cr.Na/c1-10(23)19-13-4-2-3-11-5-7-16(25)18(17(11)13)21-20-14-9-12(22(26)27)6-8-15(14)24;1-10(21)15(16(23)18-11-5-3-2-4-6-11)20-19-13-9-12(26(17,24)25)7-8-14(13)22;;/h2-9,20,24H,1H3,(H,19,23);2-9,19,22H,1H3,(H,18,23)(H2,17,24,25);;/q;;;+1/b21-18+;20-15+;;. The number of fused-ring (bicyclic) bond motifs is 1. The summed E-state index contributed by atoms with van der Waals surface area (Å²) >= 11 is 0. The summed E-state index contributed by atoms with van der Waals surface area (Å²) in [6.07, 6.45) is 2.93. The van der Waals surface area contributed by atoms with Crippen LogP contribution in [-0.4, -0.2) is 58.4 Å². The van der Waals surface area contributed by atoms with E-state index in [1.165, 1.54) is 13.0 Å². The van der Waals surface area contributed by atoms with Gasteiger partial charge in [-0.1, -0.05) is 36.4 Å². The van der Waals surface area contributed by atoms with Crippen molar-refractivity contribution in [2.75, 3.05) is 21.5 Å². The summed E-state index contributed by atoms with van der Waals surface area (Å²) in [6, 6.07) is 20.2. The predicted octanol–water partition coefficient (Wildman–Crippen LogP) is 0.708. The maximum absolute atomic E-state index is 12.3. The van der Waals surface area contributed by atoms with E-state index in [1.54, 1.807) is 54.6 Å². The number of aromatic hydroxyl groups is 2. The molecule has 278 valence electrons. The Morgan fingerprint density at radius 3 is 2.05 bits per heavy atom. The molecule has 0 heterocycles. The van der Waals surface area contributed by atoms with Crippen LogP contribution in [0.2, 0.25) is 0 Å². The summed E-state index contributed by atoms with van der Waals surface area (Å²) in [7, 11) is -4.00. The topological polar surface area (TPSA) is 285 Å². The van der Waals surface area contributed by atoms with Gasteiger partial charge in [0, 0.05) is 54.6 Å². The Labute approximate surface area is 346 Å². The van der Waals surface area contributed by atoms with Gasteiger partial charge >= 0.3 is 29.6 Å². The molecule has 0 saturated heterocycles. The zero-order valence-electron chi connectivity index (χ0n) is 29.1. The van der Waals surface area contributed by atoms with E-state index in [2.05, 4.69) is 31.7 Å². The number of hydrazone groups is 2. The molecule has 1 aliphatic carbocycles. The molecule has 0 aromatic heterocycles. The zero-order valence-corrected chi connectivity index (χ0v) is 33.2. The van der Waals surface area contributed by atoms with Gasteiger partial charge in [-0.3, -0.25) is 40.1 Å². The molecule has 0 spiro atoms. The third-order valence-corrected chi connectivity index (χ3v) is 7.85. The van der Waals surface area contributed by atoms with E-state index in [0.29, 0.717) is 22.5 Å². The number of para-hydroxylation sites is 1. The first kappa shape index (κ1) is 45.4. The van der Waals surface area contributed by atoms with Crippen LogP contribution in [0.25, 0.3) is 6.08 Å². The molecular weight excluding hydrogens is 787 g/mol. The average Bonchev–Trinajstić information content (AvgIpc) is 3.09. The number of phenols is 2. The number of hydrogen-bond donors (Lipinski definition) is 7. The number of sulfonamides is 1. The van der Waals surface area contributed by atoms with Gasteiger partial charge < -0.3 is 20.8 Å². The number of carbonyl (C=O) groups is 4. The van der Waals surface area contributed by atoms with E-state index in [4.69, 9.17) is 5.14 Å². The van der Waals surface area contributed by atoms with Crippen LogP contribution in [0.4, 0.5) is 28.4 Å². The van der Waals surface area contributed by atoms with Crippen LogP contribution >= 0.6 is 0 Å². The Balaban J connectivity index is 0.000000367. The van der Waals surface area contributed by atoms with Crippen molar-refractivity contribution in [3.8, 4) is 11.5 Å². The number of non-ortho nitro benzene ring substituents is 1. The third-order valence-electron chi connectivity index (χ3n) is 6.94.